The summed E-state index contributed by atoms with van der Waals surface area (Å²) in [5.41, 5.74) is 5.72. The lowest BCUT2D eigenvalue weighted by Crippen LogP contribution is -2.50. The summed E-state index contributed by atoms with van der Waals surface area (Å²) in [4.78, 5) is 13.4. The van der Waals surface area contributed by atoms with Crippen LogP contribution in [0.5, 0.6) is 0 Å². The van der Waals surface area contributed by atoms with Crippen LogP contribution in [0.2, 0.25) is 0 Å². The molecule has 2 N–H and O–H groups in total. The first-order valence-electron chi connectivity index (χ1n) is 5.67. The van der Waals surface area contributed by atoms with E-state index in [-0.39, 0.29) is 12.1 Å². The molecule has 1 rings (SSSR count). The number of methoxy groups -OCH3 is 2. The molecule has 1 fully saturated rings. The van der Waals surface area contributed by atoms with Crippen LogP contribution in [-0.4, -0.2) is 56.9 Å². The third-order valence-corrected chi connectivity index (χ3v) is 3.24. The molecule has 3 unspecified atom stereocenters. The second-order valence-electron chi connectivity index (χ2n) is 4.43. The van der Waals surface area contributed by atoms with E-state index in [4.69, 9.17) is 10.5 Å². The Hall–Kier alpha value is -0.650. The van der Waals surface area contributed by atoms with Crippen LogP contribution in [0.4, 0.5) is 0 Å². The summed E-state index contributed by atoms with van der Waals surface area (Å²) in [6, 6.07) is -0.559. The summed E-state index contributed by atoms with van der Waals surface area (Å²) in [6.07, 6.45) is 1.31. The quantitative estimate of drug-likeness (QED) is 0.680. The van der Waals surface area contributed by atoms with Crippen molar-refractivity contribution in [3.63, 3.8) is 0 Å². The van der Waals surface area contributed by atoms with Crippen LogP contribution < -0.4 is 5.73 Å². The van der Waals surface area contributed by atoms with Crippen molar-refractivity contribution in [2.45, 2.75) is 25.5 Å². The van der Waals surface area contributed by atoms with Gasteiger partial charge >= 0.3 is 5.97 Å². The van der Waals surface area contributed by atoms with Gasteiger partial charge in [-0.25, -0.2) is 0 Å². The van der Waals surface area contributed by atoms with Crippen LogP contribution in [0, 0.1) is 5.92 Å². The van der Waals surface area contributed by atoms with Gasteiger partial charge in [-0.1, -0.05) is 6.92 Å². The molecule has 0 bridgehead atoms. The van der Waals surface area contributed by atoms with Gasteiger partial charge in [0.15, 0.2) is 0 Å². The third kappa shape index (κ3) is 3.43. The second kappa shape index (κ2) is 6.18. The van der Waals surface area contributed by atoms with Crippen molar-refractivity contribution < 1.29 is 14.3 Å². The third-order valence-electron chi connectivity index (χ3n) is 3.24. The highest BCUT2D eigenvalue weighted by molar-refractivity contribution is 5.75. The lowest BCUT2D eigenvalue weighted by atomic mass is 9.95. The zero-order chi connectivity index (χ0) is 12.1. The number of esters is 1. The van der Waals surface area contributed by atoms with Crippen molar-refractivity contribution in [1.82, 2.24) is 4.90 Å². The molecular weight excluding hydrogens is 208 g/mol. The smallest absolute Gasteiger partial charge is 0.323 e. The SMILES string of the molecule is COC(=O)C(N)CN1CCC(C)C(OC)C1. The molecule has 0 aromatic carbocycles. The van der Waals surface area contributed by atoms with E-state index < -0.39 is 6.04 Å². The van der Waals surface area contributed by atoms with Crippen molar-refractivity contribution in [2.75, 3.05) is 33.9 Å². The van der Waals surface area contributed by atoms with Crippen molar-refractivity contribution >= 4 is 5.97 Å². The molecule has 0 spiro atoms. The normalized spacial score (nSPS) is 28.8. The first-order chi connectivity index (χ1) is 7.58. The average molecular weight is 230 g/mol. The number of carbonyl (C=O) groups is 1. The predicted octanol–water partition coefficient (Wildman–Crippen LogP) is -0.156. The number of hydrogen-bond donors (Lipinski definition) is 1. The second-order valence-corrected chi connectivity index (χ2v) is 4.43. The van der Waals surface area contributed by atoms with E-state index in [9.17, 15) is 4.79 Å². The lowest BCUT2D eigenvalue weighted by Gasteiger charge is -2.36. The molecule has 0 amide bonds. The lowest BCUT2D eigenvalue weighted by molar-refractivity contribution is -0.143. The summed E-state index contributed by atoms with van der Waals surface area (Å²) in [5.74, 6) is 0.211. The molecule has 1 saturated heterocycles. The Morgan fingerprint density at radius 1 is 1.56 bits per heavy atom. The molecule has 1 heterocycles. The molecule has 94 valence electrons. The number of likely N-dealkylation sites (tertiary alicyclic amines) is 1. The van der Waals surface area contributed by atoms with Gasteiger partial charge in [0, 0.05) is 20.2 Å². The first-order valence-corrected chi connectivity index (χ1v) is 5.67. The minimum atomic E-state index is -0.559. The molecule has 0 saturated carbocycles. The van der Waals surface area contributed by atoms with Crippen molar-refractivity contribution in [2.24, 2.45) is 11.7 Å². The Labute approximate surface area is 96.9 Å². The van der Waals surface area contributed by atoms with E-state index in [1.807, 2.05) is 0 Å². The molecule has 0 aliphatic carbocycles. The van der Waals surface area contributed by atoms with Crippen LogP contribution in [0.15, 0.2) is 0 Å². The number of ether oxygens (including phenoxy) is 2. The topological polar surface area (TPSA) is 64.8 Å². The molecule has 1 aliphatic rings. The molecule has 16 heavy (non-hydrogen) atoms. The number of rotatable bonds is 4. The molecule has 5 nitrogen and oxygen atoms in total. The maximum absolute atomic E-state index is 11.2. The van der Waals surface area contributed by atoms with Gasteiger partial charge in [0.1, 0.15) is 6.04 Å². The molecule has 1 aliphatic heterocycles. The fourth-order valence-corrected chi connectivity index (χ4v) is 2.07. The standard InChI is InChI=1S/C11H22N2O3/c1-8-4-5-13(7-10(8)15-2)6-9(12)11(14)16-3/h8-10H,4-7,12H2,1-3H3. The average Bonchev–Trinajstić information content (AvgIpc) is 2.30. The highest BCUT2D eigenvalue weighted by Gasteiger charge is 2.28. The maximum Gasteiger partial charge on any atom is 0.323 e. The molecule has 0 aromatic rings. The maximum atomic E-state index is 11.2. The van der Waals surface area contributed by atoms with Crippen LogP contribution in [0.1, 0.15) is 13.3 Å². The van der Waals surface area contributed by atoms with Gasteiger partial charge in [-0.05, 0) is 18.9 Å². The van der Waals surface area contributed by atoms with E-state index in [1.165, 1.54) is 7.11 Å². The van der Waals surface area contributed by atoms with Gasteiger partial charge in [-0.2, -0.15) is 0 Å². The predicted molar refractivity (Wildman–Crippen MR) is 61.0 cm³/mol. The minimum Gasteiger partial charge on any atom is -0.468 e. The molecule has 5 heteroatoms. The highest BCUT2D eigenvalue weighted by atomic mass is 16.5. The van der Waals surface area contributed by atoms with E-state index >= 15 is 0 Å². The number of nitrogens with two attached hydrogens (primary N) is 1. The molecule has 0 radical (unpaired) electrons. The number of nitrogens with zero attached hydrogens (tertiary/aromatic N) is 1. The van der Waals surface area contributed by atoms with E-state index in [2.05, 4.69) is 16.6 Å². The molecular formula is C11H22N2O3. The van der Waals surface area contributed by atoms with E-state index in [0.717, 1.165) is 19.5 Å². The Kier molecular flexibility index (Phi) is 5.18. The summed E-state index contributed by atoms with van der Waals surface area (Å²) in [6.45, 7) is 4.53. The van der Waals surface area contributed by atoms with Crippen LogP contribution in [0.25, 0.3) is 0 Å². The molecule has 0 aromatic heterocycles. The van der Waals surface area contributed by atoms with Gasteiger partial charge in [0.05, 0.1) is 13.2 Å². The number of hydrogen-bond acceptors (Lipinski definition) is 5. The number of piperidine rings is 1. The largest absolute Gasteiger partial charge is 0.468 e. The minimum absolute atomic E-state index is 0.235. The van der Waals surface area contributed by atoms with Crippen molar-refractivity contribution in [3.05, 3.63) is 0 Å². The Bertz CT molecular complexity index is 235. The van der Waals surface area contributed by atoms with Crippen LogP contribution in [0.3, 0.4) is 0 Å². The van der Waals surface area contributed by atoms with Crippen LogP contribution >= 0.6 is 0 Å². The van der Waals surface area contributed by atoms with Gasteiger partial charge in [-0.3, -0.25) is 9.69 Å². The monoisotopic (exact) mass is 230 g/mol. The fraction of sp³-hybridized carbons (Fsp3) is 0.909. The zero-order valence-electron chi connectivity index (χ0n) is 10.3. The van der Waals surface area contributed by atoms with Gasteiger partial charge in [-0.15, -0.1) is 0 Å². The van der Waals surface area contributed by atoms with Crippen LogP contribution in [-0.2, 0) is 14.3 Å². The summed E-state index contributed by atoms with van der Waals surface area (Å²) >= 11 is 0. The zero-order valence-corrected chi connectivity index (χ0v) is 10.3. The summed E-state index contributed by atoms with van der Waals surface area (Å²) < 4.78 is 10.0. The summed E-state index contributed by atoms with van der Waals surface area (Å²) in [7, 11) is 3.09. The Balaban J connectivity index is 2.41. The Morgan fingerprint density at radius 2 is 2.25 bits per heavy atom. The van der Waals surface area contributed by atoms with Crippen molar-refractivity contribution in [1.29, 1.82) is 0 Å². The van der Waals surface area contributed by atoms with Gasteiger partial charge in [0.25, 0.3) is 0 Å². The first kappa shape index (κ1) is 13.4. The highest BCUT2D eigenvalue weighted by Crippen LogP contribution is 2.19. The van der Waals surface area contributed by atoms with E-state index in [0.29, 0.717) is 12.5 Å². The van der Waals surface area contributed by atoms with E-state index in [1.54, 1.807) is 7.11 Å². The van der Waals surface area contributed by atoms with Gasteiger partial charge < -0.3 is 15.2 Å². The number of carbonyl (C=O) groups excluding carboxylic acids is 1. The van der Waals surface area contributed by atoms with Crippen molar-refractivity contribution in [3.8, 4) is 0 Å². The molecule has 3 atom stereocenters. The summed E-state index contributed by atoms with van der Waals surface area (Å²) in [5, 5.41) is 0. The fourth-order valence-electron chi connectivity index (χ4n) is 2.07. The van der Waals surface area contributed by atoms with Gasteiger partial charge in [0.2, 0.25) is 0 Å². The Morgan fingerprint density at radius 3 is 2.81 bits per heavy atom.